The standard InChI is InChI=1S/C19H25N5O6S3/c1-4-24(5-2)33(28,29)14-9-7-13(8-10-14)17(27)21-18-22-23-19(32-18)31-12-15(25)20-11-16(26)30-6-3/h7-10H,4-6,11-12H2,1-3H3,(H,20,25)(H,21,22,27). The first-order chi connectivity index (χ1) is 15.7. The highest BCUT2D eigenvalue weighted by Gasteiger charge is 2.22. The quantitative estimate of drug-likeness (QED) is 0.244. The molecular formula is C19H25N5O6S3. The van der Waals surface area contributed by atoms with Gasteiger partial charge < -0.3 is 10.1 Å². The number of ether oxygens (including phenoxy) is 1. The molecule has 1 aromatic heterocycles. The molecule has 33 heavy (non-hydrogen) atoms. The number of anilines is 1. The first-order valence-electron chi connectivity index (χ1n) is 10.0. The highest BCUT2D eigenvalue weighted by Crippen LogP contribution is 2.25. The van der Waals surface area contributed by atoms with E-state index in [1.165, 1.54) is 28.6 Å². The van der Waals surface area contributed by atoms with Gasteiger partial charge in [0.25, 0.3) is 5.91 Å². The van der Waals surface area contributed by atoms with Gasteiger partial charge in [-0.05, 0) is 31.2 Å². The van der Waals surface area contributed by atoms with E-state index >= 15 is 0 Å². The van der Waals surface area contributed by atoms with Crippen molar-refractivity contribution in [1.29, 1.82) is 0 Å². The fourth-order valence-corrected chi connectivity index (χ4v) is 5.57. The maximum Gasteiger partial charge on any atom is 0.325 e. The van der Waals surface area contributed by atoms with Crippen molar-refractivity contribution in [1.82, 2.24) is 19.8 Å². The maximum absolute atomic E-state index is 12.5. The van der Waals surface area contributed by atoms with Crippen LogP contribution in [0.25, 0.3) is 0 Å². The van der Waals surface area contributed by atoms with Crippen LogP contribution in [-0.4, -0.2) is 72.7 Å². The molecule has 0 radical (unpaired) electrons. The summed E-state index contributed by atoms with van der Waals surface area (Å²) >= 11 is 2.19. The number of carbonyl (C=O) groups is 3. The van der Waals surface area contributed by atoms with Gasteiger partial charge >= 0.3 is 5.97 Å². The second kappa shape index (κ2) is 12.6. The fraction of sp³-hybridized carbons (Fsp3) is 0.421. The lowest BCUT2D eigenvalue weighted by Gasteiger charge is -2.18. The predicted molar refractivity (Wildman–Crippen MR) is 125 cm³/mol. The van der Waals surface area contributed by atoms with Gasteiger partial charge in [0.15, 0.2) is 4.34 Å². The lowest BCUT2D eigenvalue weighted by atomic mass is 10.2. The molecule has 0 atom stereocenters. The number of aromatic nitrogens is 2. The Bertz CT molecular complexity index is 1070. The number of rotatable bonds is 12. The Morgan fingerprint density at radius 2 is 1.76 bits per heavy atom. The molecule has 2 aromatic rings. The van der Waals surface area contributed by atoms with Crippen LogP contribution in [-0.2, 0) is 24.3 Å². The first-order valence-corrected chi connectivity index (χ1v) is 13.3. The summed E-state index contributed by atoms with van der Waals surface area (Å²) in [6.07, 6.45) is 0. The van der Waals surface area contributed by atoms with Crippen molar-refractivity contribution in [3.05, 3.63) is 29.8 Å². The molecule has 2 amide bonds. The summed E-state index contributed by atoms with van der Waals surface area (Å²) < 4.78 is 31.6. The second-order valence-electron chi connectivity index (χ2n) is 6.31. The Kier molecular flexibility index (Phi) is 10.2. The van der Waals surface area contributed by atoms with Crippen molar-refractivity contribution < 1.29 is 27.5 Å². The Morgan fingerprint density at radius 3 is 2.36 bits per heavy atom. The number of amides is 2. The number of esters is 1. The van der Waals surface area contributed by atoms with Gasteiger partial charge in [-0.25, -0.2) is 8.42 Å². The van der Waals surface area contributed by atoms with Gasteiger partial charge in [-0.1, -0.05) is 36.9 Å². The van der Waals surface area contributed by atoms with Crippen LogP contribution in [0, 0.1) is 0 Å². The Balaban J connectivity index is 1.90. The third kappa shape index (κ3) is 7.77. The minimum atomic E-state index is -3.60. The molecule has 2 N–H and O–H groups in total. The lowest BCUT2D eigenvalue weighted by molar-refractivity contribution is -0.143. The molecule has 0 aliphatic carbocycles. The molecule has 0 bridgehead atoms. The van der Waals surface area contributed by atoms with Crippen LogP contribution in [0.4, 0.5) is 5.13 Å². The molecule has 0 saturated carbocycles. The van der Waals surface area contributed by atoms with Gasteiger partial charge in [-0.2, -0.15) is 4.31 Å². The zero-order valence-electron chi connectivity index (χ0n) is 18.4. The van der Waals surface area contributed by atoms with Crippen molar-refractivity contribution in [2.75, 3.05) is 37.3 Å². The van der Waals surface area contributed by atoms with E-state index in [-0.39, 0.29) is 40.4 Å². The van der Waals surface area contributed by atoms with E-state index in [0.717, 1.165) is 23.1 Å². The number of benzene rings is 1. The first kappa shape index (κ1) is 26.7. The molecule has 0 aliphatic rings. The number of hydrogen-bond acceptors (Lipinski definition) is 10. The van der Waals surface area contributed by atoms with Crippen LogP contribution in [0.2, 0.25) is 0 Å². The number of sulfonamides is 1. The van der Waals surface area contributed by atoms with Gasteiger partial charge in [-0.3, -0.25) is 19.7 Å². The van der Waals surface area contributed by atoms with E-state index in [9.17, 15) is 22.8 Å². The largest absolute Gasteiger partial charge is 0.465 e. The molecule has 0 fully saturated rings. The number of nitrogens with zero attached hydrogens (tertiary/aromatic N) is 3. The molecule has 0 spiro atoms. The van der Waals surface area contributed by atoms with Crippen LogP contribution in [0.15, 0.2) is 33.5 Å². The van der Waals surface area contributed by atoms with Crippen molar-refractivity contribution in [2.24, 2.45) is 0 Å². The Labute approximate surface area is 200 Å². The van der Waals surface area contributed by atoms with Gasteiger partial charge in [-0.15, -0.1) is 10.2 Å². The molecule has 14 heteroatoms. The molecule has 1 aromatic carbocycles. The van der Waals surface area contributed by atoms with Crippen LogP contribution >= 0.6 is 23.1 Å². The van der Waals surface area contributed by atoms with E-state index < -0.39 is 21.9 Å². The van der Waals surface area contributed by atoms with E-state index in [1.807, 2.05) is 0 Å². The number of hydrogen-bond donors (Lipinski definition) is 2. The van der Waals surface area contributed by atoms with Crippen LogP contribution < -0.4 is 10.6 Å². The minimum absolute atomic E-state index is 0.0183. The highest BCUT2D eigenvalue weighted by molar-refractivity contribution is 8.01. The third-order valence-corrected chi connectivity index (χ3v) is 8.18. The zero-order chi connectivity index (χ0) is 24.4. The Morgan fingerprint density at radius 1 is 1.09 bits per heavy atom. The van der Waals surface area contributed by atoms with Crippen molar-refractivity contribution in [3.8, 4) is 0 Å². The molecule has 0 saturated heterocycles. The van der Waals surface area contributed by atoms with E-state index in [1.54, 1.807) is 20.8 Å². The average Bonchev–Trinajstić information content (AvgIpc) is 3.24. The van der Waals surface area contributed by atoms with Gasteiger partial charge in [0.1, 0.15) is 6.54 Å². The van der Waals surface area contributed by atoms with Crippen LogP contribution in [0.5, 0.6) is 0 Å². The van der Waals surface area contributed by atoms with E-state index in [0.29, 0.717) is 17.4 Å². The number of thioether (sulfide) groups is 1. The fourth-order valence-electron chi connectivity index (χ4n) is 2.54. The van der Waals surface area contributed by atoms with Gasteiger partial charge in [0, 0.05) is 18.7 Å². The highest BCUT2D eigenvalue weighted by atomic mass is 32.2. The molecule has 0 aliphatic heterocycles. The maximum atomic E-state index is 12.5. The van der Waals surface area contributed by atoms with Crippen molar-refractivity contribution >= 4 is 56.0 Å². The average molecular weight is 516 g/mol. The molecule has 180 valence electrons. The van der Waals surface area contributed by atoms with E-state index in [4.69, 9.17) is 4.74 Å². The van der Waals surface area contributed by atoms with E-state index in [2.05, 4.69) is 20.8 Å². The monoisotopic (exact) mass is 515 g/mol. The Hall–Kier alpha value is -2.55. The molecule has 2 rings (SSSR count). The SMILES string of the molecule is CCOC(=O)CNC(=O)CSc1nnc(NC(=O)c2ccc(S(=O)(=O)N(CC)CC)cc2)s1. The number of carbonyl (C=O) groups excluding carboxylic acids is 3. The summed E-state index contributed by atoms with van der Waals surface area (Å²) in [5.74, 6) is -1.34. The summed E-state index contributed by atoms with van der Waals surface area (Å²) in [4.78, 5) is 35.6. The normalized spacial score (nSPS) is 11.3. The lowest BCUT2D eigenvalue weighted by Crippen LogP contribution is -2.31. The summed E-state index contributed by atoms with van der Waals surface area (Å²) in [6.45, 7) is 5.92. The number of nitrogens with one attached hydrogen (secondary N) is 2. The smallest absolute Gasteiger partial charge is 0.325 e. The summed E-state index contributed by atoms with van der Waals surface area (Å²) in [7, 11) is -3.60. The van der Waals surface area contributed by atoms with Gasteiger partial charge in [0.05, 0.1) is 17.3 Å². The van der Waals surface area contributed by atoms with Crippen molar-refractivity contribution in [2.45, 2.75) is 30.0 Å². The topological polar surface area (TPSA) is 148 Å². The summed E-state index contributed by atoms with van der Waals surface area (Å²) in [6, 6.07) is 5.63. The summed E-state index contributed by atoms with van der Waals surface area (Å²) in [5.41, 5.74) is 0.260. The molecular weight excluding hydrogens is 490 g/mol. The van der Waals surface area contributed by atoms with Crippen molar-refractivity contribution in [3.63, 3.8) is 0 Å². The van der Waals surface area contributed by atoms with Crippen LogP contribution in [0.1, 0.15) is 31.1 Å². The second-order valence-corrected chi connectivity index (χ2v) is 10.4. The van der Waals surface area contributed by atoms with Crippen LogP contribution in [0.3, 0.4) is 0 Å². The predicted octanol–water partition coefficient (Wildman–Crippen LogP) is 1.59. The summed E-state index contributed by atoms with van der Waals surface area (Å²) in [5, 5.41) is 13.0. The zero-order valence-corrected chi connectivity index (χ0v) is 20.8. The molecule has 1 heterocycles. The minimum Gasteiger partial charge on any atom is -0.465 e. The molecule has 11 nitrogen and oxygen atoms in total. The third-order valence-electron chi connectivity index (χ3n) is 4.15. The van der Waals surface area contributed by atoms with Gasteiger partial charge in [0.2, 0.25) is 21.1 Å². The molecule has 0 unspecified atom stereocenters.